The molecule has 0 spiro atoms. The number of aryl methyl sites for hydroxylation is 1. The predicted octanol–water partition coefficient (Wildman–Crippen LogP) is 2.05. The van der Waals surface area contributed by atoms with E-state index in [1.165, 1.54) is 29.2 Å². The van der Waals surface area contributed by atoms with Crippen LogP contribution in [0.4, 0.5) is 4.39 Å². The summed E-state index contributed by atoms with van der Waals surface area (Å²) in [6.07, 6.45) is 0.315. The van der Waals surface area contributed by atoms with Gasteiger partial charge >= 0.3 is 0 Å². The highest BCUT2D eigenvalue weighted by Crippen LogP contribution is 2.23. The van der Waals surface area contributed by atoms with Crippen LogP contribution in [-0.4, -0.2) is 33.8 Å². The molecule has 0 aliphatic carbocycles. The van der Waals surface area contributed by atoms with E-state index in [1.54, 1.807) is 18.2 Å². The van der Waals surface area contributed by atoms with Crippen molar-refractivity contribution in [2.75, 3.05) is 5.75 Å². The van der Waals surface area contributed by atoms with Gasteiger partial charge in [-0.15, -0.1) is 23.1 Å². The van der Waals surface area contributed by atoms with Crippen molar-refractivity contribution in [2.45, 2.75) is 31.2 Å². The highest BCUT2D eigenvalue weighted by Gasteiger charge is 2.32. The zero-order valence-corrected chi connectivity index (χ0v) is 15.3. The van der Waals surface area contributed by atoms with Crippen LogP contribution in [0.2, 0.25) is 0 Å². The first-order chi connectivity index (χ1) is 12.0. The fourth-order valence-electron chi connectivity index (χ4n) is 2.54. The molecule has 25 heavy (non-hydrogen) atoms. The Morgan fingerprint density at radius 3 is 2.92 bits per heavy atom. The minimum absolute atomic E-state index is 0.226. The fraction of sp³-hybridized carbons (Fsp3) is 0.353. The molecule has 2 atom stereocenters. The number of thioether (sulfide) groups is 1. The number of thiazole rings is 1. The number of nitrogens with one attached hydrogen (secondary N) is 2. The van der Waals surface area contributed by atoms with Crippen molar-refractivity contribution in [3.8, 4) is 0 Å². The van der Waals surface area contributed by atoms with Crippen molar-refractivity contribution < 1.29 is 14.0 Å². The number of nitrogens with zero attached hydrogens (tertiary/aromatic N) is 1. The molecule has 1 aliphatic heterocycles. The van der Waals surface area contributed by atoms with Crippen molar-refractivity contribution in [1.29, 1.82) is 0 Å². The first-order valence-corrected chi connectivity index (χ1v) is 9.80. The van der Waals surface area contributed by atoms with Gasteiger partial charge in [0.25, 0.3) is 0 Å². The maximum atomic E-state index is 13.7. The van der Waals surface area contributed by atoms with Crippen molar-refractivity contribution in [1.82, 2.24) is 15.6 Å². The van der Waals surface area contributed by atoms with Crippen LogP contribution in [0, 0.1) is 12.7 Å². The van der Waals surface area contributed by atoms with E-state index in [9.17, 15) is 14.0 Å². The Bertz CT molecular complexity index is 781. The quantitative estimate of drug-likeness (QED) is 0.834. The SMILES string of the molecule is Cc1nc(CNC(=O)[C@@H]2CS[C@H](Cc3ccccc3F)C(=O)N2)cs1. The molecule has 2 N–H and O–H groups in total. The van der Waals surface area contributed by atoms with E-state index < -0.39 is 6.04 Å². The summed E-state index contributed by atoms with van der Waals surface area (Å²) < 4.78 is 13.7. The van der Waals surface area contributed by atoms with Gasteiger partial charge in [0.15, 0.2) is 0 Å². The average molecular weight is 379 g/mol. The van der Waals surface area contributed by atoms with Crippen molar-refractivity contribution >= 4 is 34.9 Å². The molecule has 1 aromatic heterocycles. The Kier molecular flexibility index (Phi) is 5.70. The van der Waals surface area contributed by atoms with Gasteiger partial charge in [-0.3, -0.25) is 9.59 Å². The van der Waals surface area contributed by atoms with Crippen LogP contribution in [0.15, 0.2) is 29.6 Å². The summed E-state index contributed by atoms with van der Waals surface area (Å²) in [6, 6.07) is 5.86. The molecular formula is C17H18FN3O2S2. The van der Waals surface area contributed by atoms with Gasteiger partial charge in [-0.2, -0.15) is 0 Å². The number of carbonyl (C=O) groups is 2. The van der Waals surface area contributed by atoms with Crippen LogP contribution >= 0.6 is 23.1 Å². The fourth-order valence-corrected chi connectivity index (χ4v) is 4.33. The van der Waals surface area contributed by atoms with Crippen LogP contribution in [0.3, 0.4) is 0 Å². The highest BCUT2D eigenvalue weighted by molar-refractivity contribution is 8.00. The molecule has 0 saturated carbocycles. The molecule has 132 valence electrons. The lowest BCUT2D eigenvalue weighted by atomic mass is 10.1. The number of aromatic nitrogens is 1. The molecule has 3 rings (SSSR count). The molecule has 2 heterocycles. The second-order valence-electron chi connectivity index (χ2n) is 5.75. The summed E-state index contributed by atoms with van der Waals surface area (Å²) in [4.78, 5) is 28.8. The lowest BCUT2D eigenvalue weighted by molar-refractivity contribution is -0.128. The summed E-state index contributed by atoms with van der Waals surface area (Å²) in [6.45, 7) is 2.25. The van der Waals surface area contributed by atoms with E-state index in [-0.39, 0.29) is 22.9 Å². The van der Waals surface area contributed by atoms with Crippen molar-refractivity contribution in [3.05, 3.63) is 51.7 Å². The zero-order valence-electron chi connectivity index (χ0n) is 13.6. The number of amides is 2. The minimum atomic E-state index is -0.575. The Labute approximate surface area is 153 Å². The lowest BCUT2D eigenvalue weighted by Crippen LogP contribution is -2.54. The summed E-state index contributed by atoms with van der Waals surface area (Å²) in [7, 11) is 0. The molecule has 2 amide bonds. The zero-order chi connectivity index (χ0) is 17.8. The predicted molar refractivity (Wildman–Crippen MR) is 97.0 cm³/mol. The molecule has 0 unspecified atom stereocenters. The maximum Gasteiger partial charge on any atom is 0.243 e. The van der Waals surface area contributed by atoms with Gasteiger partial charge < -0.3 is 10.6 Å². The first-order valence-electron chi connectivity index (χ1n) is 7.87. The molecule has 1 fully saturated rings. The molecule has 0 radical (unpaired) electrons. The van der Waals surface area contributed by atoms with E-state index in [0.29, 0.717) is 24.3 Å². The van der Waals surface area contributed by atoms with Gasteiger partial charge in [-0.05, 0) is 25.0 Å². The van der Waals surface area contributed by atoms with E-state index in [2.05, 4.69) is 15.6 Å². The second kappa shape index (κ2) is 7.97. The number of benzene rings is 1. The molecule has 8 heteroatoms. The van der Waals surface area contributed by atoms with Gasteiger partial charge in [0, 0.05) is 11.1 Å². The molecule has 1 aromatic carbocycles. The summed E-state index contributed by atoms with van der Waals surface area (Å²) in [5.41, 5.74) is 1.32. The number of hydrogen-bond acceptors (Lipinski definition) is 5. The number of carbonyl (C=O) groups excluding carboxylic acids is 2. The van der Waals surface area contributed by atoms with Gasteiger partial charge in [-0.25, -0.2) is 9.37 Å². The maximum absolute atomic E-state index is 13.7. The third kappa shape index (κ3) is 4.58. The topological polar surface area (TPSA) is 71.1 Å². The van der Waals surface area contributed by atoms with Gasteiger partial charge in [-0.1, -0.05) is 18.2 Å². The van der Waals surface area contributed by atoms with Crippen LogP contribution < -0.4 is 10.6 Å². The molecule has 5 nitrogen and oxygen atoms in total. The smallest absolute Gasteiger partial charge is 0.243 e. The molecule has 1 saturated heterocycles. The largest absolute Gasteiger partial charge is 0.349 e. The normalized spacial score (nSPS) is 20.2. The Morgan fingerprint density at radius 1 is 1.44 bits per heavy atom. The Hall–Kier alpha value is -1.93. The van der Waals surface area contributed by atoms with E-state index >= 15 is 0 Å². The summed E-state index contributed by atoms with van der Waals surface area (Å²) in [5.74, 6) is -0.304. The van der Waals surface area contributed by atoms with Crippen molar-refractivity contribution in [3.63, 3.8) is 0 Å². The Morgan fingerprint density at radius 2 is 2.24 bits per heavy atom. The van der Waals surface area contributed by atoms with Crippen LogP contribution in [0.1, 0.15) is 16.3 Å². The number of hydrogen-bond donors (Lipinski definition) is 2. The van der Waals surface area contributed by atoms with E-state index in [0.717, 1.165) is 10.7 Å². The summed E-state index contributed by atoms with van der Waals surface area (Å²) in [5, 5.41) is 7.98. The molecular weight excluding hydrogens is 361 g/mol. The van der Waals surface area contributed by atoms with Crippen LogP contribution in [-0.2, 0) is 22.6 Å². The standard InChI is InChI=1S/C17H18FN3O2S2/c1-10-20-12(8-24-10)7-19-16(22)14-9-25-15(17(23)21-14)6-11-4-2-3-5-13(11)18/h2-5,8,14-15H,6-7,9H2,1H3,(H,19,22)(H,21,23)/t14-,15+/m0/s1. The van der Waals surface area contributed by atoms with E-state index in [1.807, 2.05) is 12.3 Å². The molecule has 0 bridgehead atoms. The van der Waals surface area contributed by atoms with Crippen LogP contribution in [0.5, 0.6) is 0 Å². The number of rotatable bonds is 5. The molecule has 1 aliphatic rings. The highest BCUT2D eigenvalue weighted by atomic mass is 32.2. The van der Waals surface area contributed by atoms with Gasteiger partial charge in [0.1, 0.15) is 11.9 Å². The minimum Gasteiger partial charge on any atom is -0.349 e. The number of halogens is 1. The van der Waals surface area contributed by atoms with E-state index in [4.69, 9.17) is 0 Å². The average Bonchev–Trinajstić information content (AvgIpc) is 3.02. The monoisotopic (exact) mass is 379 g/mol. The second-order valence-corrected chi connectivity index (χ2v) is 8.05. The third-order valence-corrected chi connectivity index (χ3v) is 5.99. The van der Waals surface area contributed by atoms with Crippen molar-refractivity contribution in [2.24, 2.45) is 0 Å². The van der Waals surface area contributed by atoms with Crippen LogP contribution in [0.25, 0.3) is 0 Å². The Balaban J connectivity index is 1.51. The first kappa shape index (κ1) is 17.9. The molecule has 2 aromatic rings. The third-order valence-electron chi connectivity index (χ3n) is 3.86. The summed E-state index contributed by atoms with van der Waals surface area (Å²) >= 11 is 2.91. The lowest BCUT2D eigenvalue weighted by Gasteiger charge is -2.28. The van der Waals surface area contributed by atoms with Gasteiger partial charge in [0.05, 0.1) is 22.5 Å². The van der Waals surface area contributed by atoms with Gasteiger partial charge in [0.2, 0.25) is 11.8 Å².